The largest absolute Gasteiger partial charge is 0.336 e. The molecule has 0 saturated carbocycles. The smallest absolute Gasteiger partial charge is 0.274 e. The van der Waals surface area contributed by atoms with E-state index in [0.29, 0.717) is 23.8 Å². The van der Waals surface area contributed by atoms with Gasteiger partial charge in [-0.2, -0.15) is 0 Å². The summed E-state index contributed by atoms with van der Waals surface area (Å²) in [5.41, 5.74) is 1.97. The molecule has 2 aliphatic heterocycles. The van der Waals surface area contributed by atoms with Gasteiger partial charge in [0.15, 0.2) is 5.69 Å². The van der Waals surface area contributed by atoms with Crippen molar-refractivity contribution in [3.8, 4) is 0 Å². The lowest BCUT2D eigenvalue weighted by Gasteiger charge is -2.24. The second-order valence-corrected chi connectivity index (χ2v) is 8.95. The van der Waals surface area contributed by atoms with Gasteiger partial charge in [0.25, 0.3) is 11.8 Å². The van der Waals surface area contributed by atoms with Gasteiger partial charge in [-0.3, -0.25) is 9.59 Å². The summed E-state index contributed by atoms with van der Waals surface area (Å²) < 4.78 is 1.99. The van der Waals surface area contributed by atoms with Crippen LogP contribution in [0.4, 0.5) is 0 Å². The van der Waals surface area contributed by atoms with Crippen molar-refractivity contribution in [3.63, 3.8) is 0 Å². The maximum Gasteiger partial charge on any atom is 0.274 e. The van der Waals surface area contributed by atoms with E-state index in [4.69, 9.17) is 4.98 Å². The Bertz CT molecular complexity index is 1140. The molecule has 0 unspecified atom stereocenters. The molecule has 3 aromatic rings. The van der Waals surface area contributed by atoms with Gasteiger partial charge in [-0.1, -0.05) is 24.3 Å². The van der Waals surface area contributed by atoms with Crippen LogP contribution in [0.25, 0.3) is 5.52 Å². The summed E-state index contributed by atoms with van der Waals surface area (Å²) in [6.45, 7) is 2.15. The molecule has 4 heterocycles. The topological polar surface area (TPSA) is 61.2 Å². The molecule has 0 spiro atoms. The van der Waals surface area contributed by atoms with Gasteiger partial charge in [-0.25, -0.2) is 4.98 Å². The highest BCUT2D eigenvalue weighted by molar-refractivity contribution is 5.99. The second kappa shape index (κ2) is 8.39. The van der Waals surface area contributed by atoms with Crippen molar-refractivity contribution in [2.45, 2.75) is 31.3 Å². The third kappa shape index (κ3) is 3.56. The van der Waals surface area contributed by atoms with Crippen molar-refractivity contribution >= 4 is 17.3 Å². The van der Waals surface area contributed by atoms with Crippen LogP contribution in [0.15, 0.2) is 54.7 Å². The average molecular weight is 432 g/mol. The fourth-order valence-corrected chi connectivity index (χ4v) is 4.98. The van der Waals surface area contributed by atoms with Crippen molar-refractivity contribution in [2.24, 2.45) is 0 Å². The molecule has 7 nitrogen and oxygen atoms in total. The zero-order valence-corrected chi connectivity index (χ0v) is 18.6. The summed E-state index contributed by atoms with van der Waals surface area (Å²) in [4.78, 5) is 37.5. The number of carbonyl (C=O) groups excluding carboxylic acids is 2. The Kier molecular flexibility index (Phi) is 5.43. The van der Waals surface area contributed by atoms with Gasteiger partial charge in [-0.05, 0) is 57.6 Å². The summed E-state index contributed by atoms with van der Waals surface area (Å²) in [7, 11) is 4.11. The average Bonchev–Trinajstić information content (AvgIpc) is 3.57. The molecular weight excluding hydrogens is 402 g/mol. The first-order valence-electron chi connectivity index (χ1n) is 11.3. The predicted octanol–water partition coefficient (Wildman–Crippen LogP) is 3.09. The number of rotatable bonds is 4. The molecule has 2 aromatic heterocycles. The minimum Gasteiger partial charge on any atom is -0.336 e. The second-order valence-electron chi connectivity index (χ2n) is 8.95. The summed E-state index contributed by atoms with van der Waals surface area (Å²) in [5.74, 6) is 0.763. The van der Waals surface area contributed by atoms with Crippen molar-refractivity contribution in [3.05, 3.63) is 71.8 Å². The van der Waals surface area contributed by atoms with E-state index in [0.717, 1.165) is 43.7 Å². The summed E-state index contributed by atoms with van der Waals surface area (Å²) in [5, 5.41) is 0. The molecule has 2 saturated heterocycles. The van der Waals surface area contributed by atoms with Crippen molar-refractivity contribution in [1.82, 2.24) is 24.1 Å². The predicted molar refractivity (Wildman–Crippen MR) is 123 cm³/mol. The number of aromatic nitrogens is 2. The minimum atomic E-state index is -0.146. The molecule has 0 bridgehead atoms. The number of hydrogen-bond donors (Lipinski definition) is 0. The third-order valence-electron chi connectivity index (χ3n) is 6.79. The summed E-state index contributed by atoms with van der Waals surface area (Å²) in [6, 6.07) is 15.4. The van der Waals surface area contributed by atoms with Crippen LogP contribution in [0.5, 0.6) is 0 Å². The van der Waals surface area contributed by atoms with Crippen LogP contribution in [0.3, 0.4) is 0 Å². The lowest BCUT2D eigenvalue weighted by Crippen LogP contribution is -2.34. The highest BCUT2D eigenvalue weighted by Crippen LogP contribution is 2.34. The molecule has 2 atom stereocenters. The van der Waals surface area contributed by atoms with E-state index in [-0.39, 0.29) is 17.9 Å². The summed E-state index contributed by atoms with van der Waals surface area (Å²) in [6.07, 6.45) is 4.68. The molecule has 1 aromatic carbocycles. The van der Waals surface area contributed by atoms with Crippen molar-refractivity contribution < 1.29 is 9.59 Å². The van der Waals surface area contributed by atoms with E-state index in [1.165, 1.54) is 0 Å². The number of amides is 2. The van der Waals surface area contributed by atoms with Gasteiger partial charge in [0.2, 0.25) is 0 Å². The molecule has 32 heavy (non-hydrogen) atoms. The number of likely N-dealkylation sites (N-methyl/N-ethyl adjacent to an activating group) is 1. The Morgan fingerprint density at radius 2 is 1.75 bits per heavy atom. The van der Waals surface area contributed by atoms with Gasteiger partial charge < -0.3 is 19.1 Å². The number of fused-ring (bicyclic) bond motifs is 1. The van der Waals surface area contributed by atoms with Crippen molar-refractivity contribution in [2.75, 3.05) is 33.7 Å². The number of hydrogen-bond acceptors (Lipinski definition) is 4. The molecule has 166 valence electrons. The van der Waals surface area contributed by atoms with E-state index in [9.17, 15) is 9.59 Å². The first-order valence-corrected chi connectivity index (χ1v) is 11.3. The van der Waals surface area contributed by atoms with E-state index in [2.05, 4.69) is 19.0 Å². The normalized spacial score (nSPS) is 21.1. The van der Waals surface area contributed by atoms with E-state index in [1.54, 1.807) is 0 Å². The quantitative estimate of drug-likeness (QED) is 0.637. The molecule has 0 aliphatic carbocycles. The maximum atomic E-state index is 13.4. The Labute approximate surface area is 188 Å². The number of carbonyl (C=O) groups is 2. The Morgan fingerprint density at radius 3 is 2.50 bits per heavy atom. The standard InChI is InChI=1S/C25H29N5O2/c1-27(2)19-13-16-28(17-19)25(32)22-20-11-6-7-14-29(20)23(26-22)21-12-8-15-30(21)24(31)18-9-4-3-5-10-18/h3-7,9-11,14,19,21H,8,12-13,15-17H2,1-2H3/t19-,21+/m1/s1. The van der Waals surface area contributed by atoms with Crippen LogP contribution in [0.2, 0.25) is 0 Å². The van der Waals surface area contributed by atoms with Gasteiger partial charge in [0.05, 0.1) is 11.6 Å². The first-order chi connectivity index (χ1) is 15.5. The number of benzene rings is 1. The summed E-state index contributed by atoms with van der Waals surface area (Å²) >= 11 is 0. The van der Waals surface area contributed by atoms with Crippen molar-refractivity contribution in [1.29, 1.82) is 0 Å². The van der Waals surface area contributed by atoms with Crippen LogP contribution in [0, 0.1) is 0 Å². The highest BCUT2D eigenvalue weighted by atomic mass is 16.2. The minimum absolute atomic E-state index is 0.0158. The third-order valence-corrected chi connectivity index (χ3v) is 6.79. The van der Waals surface area contributed by atoms with Crippen LogP contribution in [-0.4, -0.2) is 75.7 Å². The van der Waals surface area contributed by atoms with E-state index in [1.807, 2.05) is 68.9 Å². The molecular formula is C25H29N5O2. The molecule has 2 fully saturated rings. The Morgan fingerprint density at radius 1 is 0.969 bits per heavy atom. The fraction of sp³-hybridized carbons (Fsp3) is 0.400. The lowest BCUT2D eigenvalue weighted by atomic mass is 10.1. The number of nitrogens with zero attached hydrogens (tertiary/aromatic N) is 5. The zero-order chi connectivity index (χ0) is 22.2. The molecule has 0 radical (unpaired) electrons. The monoisotopic (exact) mass is 431 g/mol. The van der Waals surface area contributed by atoms with Gasteiger partial charge >= 0.3 is 0 Å². The molecule has 0 N–H and O–H groups in total. The molecule has 7 heteroatoms. The number of likely N-dealkylation sites (tertiary alicyclic amines) is 2. The SMILES string of the molecule is CN(C)[C@@H]1CCN(C(=O)c2nc([C@@H]3CCCN3C(=O)c3ccccc3)n3ccccc23)C1. The number of pyridine rings is 1. The van der Waals surface area contributed by atoms with Gasteiger partial charge in [0, 0.05) is 37.4 Å². The highest BCUT2D eigenvalue weighted by Gasteiger charge is 2.36. The first kappa shape index (κ1) is 20.7. The van der Waals surface area contributed by atoms with Crippen LogP contribution < -0.4 is 0 Å². The van der Waals surface area contributed by atoms with Gasteiger partial charge in [0.1, 0.15) is 5.82 Å². The number of imidazole rings is 1. The van der Waals surface area contributed by atoms with Gasteiger partial charge in [-0.15, -0.1) is 0 Å². The fourth-order valence-electron chi connectivity index (χ4n) is 4.98. The molecule has 2 aliphatic rings. The van der Waals surface area contributed by atoms with Crippen LogP contribution in [-0.2, 0) is 0 Å². The zero-order valence-electron chi connectivity index (χ0n) is 18.6. The van der Waals surface area contributed by atoms with Crippen LogP contribution in [0.1, 0.15) is 52.0 Å². The lowest BCUT2D eigenvalue weighted by molar-refractivity contribution is 0.0729. The Balaban J connectivity index is 1.49. The maximum absolute atomic E-state index is 13.4. The molecule has 5 rings (SSSR count). The van der Waals surface area contributed by atoms with E-state index < -0.39 is 0 Å². The van der Waals surface area contributed by atoms with E-state index >= 15 is 0 Å². The van der Waals surface area contributed by atoms with Crippen LogP contribution >= 0.6 is 0 Å². The molecule has 2 amide bonds. The Hall–Kier alpha value is -3.19.